The van der Waals surface area contributed by atoms with Crippen molar-refractivity contribution in [2.45, 2.75) is 20.3 Å². The number of carbonyl (C=O) groups is 1. The minimum absolute atomic E-state index is 0.372. The van der Waals surface area contributed by atoms with Crippen molar-refractivity contribution in [3.8, 4) is 11.5 Å². The Hall–Kier alpha value is -1.97. The van der Waals surface area contributed by atoms with Crippen LogP contribution in [-0.2, 0) is 4.74 Å². The normalized spacial score (nSPS) is 16.6. The van der Waals surface area contributed by atoms with Gasteiger partial charge in [-0.05, 0) is 48.1 Å². The topological polar surface area (TPSA) is 35.5 Å². The first-order valence-electron chi connectivity index (χ1n) is 8.26. The van der Waals surface area contributed by atoms with Gasteiger partial charge in [-0.1, -0.05) is 67.4 Å². The molecule has 1 saturated carbocycles. The molecule has 3 rings (SSSR count). The lowest BCUT2D eigenvalue weighted by Crippen LogP contribution is -2.00. The second-order valence-electron chi connectivity index (χ2n) is 6.69. The highest BCUT2D eigenvalue weighted by Gasteiger charge is 2.43. The maximum atomic E-state index is 11.3. The Morgan fingerprint density at radius 3 is 2.19 bits per heavy atom. The largest absolute Gasteiger partial charge is 0.465 e. The van der Waals surface area contributed by atoms with Gasteiger partial charge < -0.3 is 9.47 Å². The van der Waals surface area contributed by atoms with Crippen LogP contribution in [-0.4, -0.2) is 13.1 Å². The summed E-state index contributed by atoms with van der Waals surface area (Å²) in [6, 6.07) is 16.3. The third-order valence-corrected chi connectivity index (χ3v) is 4.40. The van der Waals surface area contributed by atoms with E-state index in [0.717, 1.165) is 5.75 Å². The molecule has 5 heteroatoms. The summed E-state index contributed by atoms with van der Waals surface area (Å²) in [5.74, 6) is 1.58. The smallest absolute Gasteiger partial charge is 0.337 e. The van der Waals surface area contributed by atoms with E-state index in [0.29, 0.717) is 27.1 Å². The van der Waals surface area contributed by atoms with Gasteiger partial charge in [-0.3, -0.25) is 0 Å². The van der Waals surface area contributed by atoms with E-state index >= 15 is 0 Å². The molecule has 0 spiro atoms. The Labute approximate surface area is 164 Å². The van der Waals surface area contributed by atoms with Gasteiger partial charge in [0.25, 0.3) is 0 Å². The quantitative estimate of drug-likeness (QED) is 0.548. The summed E-state index contributed by atoms with van der Waals surface area (Å²) in [4.78, 5) is 11.3. The number of ether oxygens (including phenoxy) is 2. The number of methoxy groups -OCH3 is 1. The van der Waals surface area contributed by atoms with Crippen molar-refractivity contribution in [1.29, 1.82) is 0 Å². The number of allylic oxidation sites excluding steroid dienone is 1. The summed E-state index contributed by atoms with van der Waals surface area (Å²) in [7, 11) is 1.35. The molecule has 0 bridgehead atoms. The zero-order valence-electron chi connectivity index (χ0n) is 15.0. The van der Waals surface area contributed by atoms with Gasteiger partial charge >= 0.3 is 5.97 Å². The minimum atomic E-state index is -0.372. The van der Waals surface area contributed by atoms with Crippen LogP contribution in [0.1, 0.15) is 30.6 Å². The number of benzene rings is 2. The molecule has 0 aliphatic heterocycles. The predicted octanol–water partition coefficient (Wildman–Crippen LogP) is 6.62. The van der Waals surface area contributed by atoms with Gasteiger partial charge in [0.05, 0.1) is 12.7 Å². The first-order chi connectivity index (χ1) is 12.3. The number of esters is 1. The molecule has 0 amide bonds. The van der Waals surface area contributed by atoms with Gasteiger partial charge in [0, 0.05) is 0 Å². The summed E-state index contributed by atoms with van der Waals surface area (Å²) in [5, 5.41) is 0. The number of rotatable bonds is 4. The fraction of sp³-hybridized carbons (Fsp3) is 0.286. The Morgan fingerprint density at radius 1 is 1.08 bits per heavy atom. The molecule has 3 nitrogen and oxygen atoms in total. The lowest BCUT2D eigenvalue weighted by Gasteiger charge is -2.06. The van der Waals surface area contributed by atoms with Crippen LogP contribution < -0.4 is 4.74 Å². The molecule has 1 fully saturated rings. The minimum Gasteiger partial charge on any atom is -0.465 e. The van der Waals surface area contributed by atoms with Crippen LogP contribution in [0, 0.1) is 11.3 Å². The highest BCUT2D eigenvalue weighted by molar-refractivity contribution is 6.55. The monoisotopic (exact) mass is 392 g/mol. The van der Waals surface area contributed by atoms with Crippen LogP contribution in [0.25, 0.3) is 0 Å². The SMILES string of the molecule is CC1(C)CC1C=C(Cl)Cl.COC(=O)c1cccc(Oc2ccccc2)c1. The molecule has 2 aromatic carbocycles. The van der Waals surface area contributed by atoms with E-state index in [2.05, 4.69) is 18.6 Å². The summed E-state index contributed by atoms with van der Waals surface area (Å²) < 4.78 is 10.7. The average Bonchev–Trinajstić information content (AvgIpc) is 3.21. The van der Waals surface area contributed by atoms with E-state index in [9.17, 15) is 4.79 Å². The van der Waals surface area contributed by atoms with Crippen LogP contribution in [0.15, 0.2) is 65.2 Å². The van der Waals surface area contributed by atoms with Crippen molar-refractivity contribution in [3.63, 3.8) is 0 Å². The number of halogens is 2. The maximum Gasteiger partial charge on any atom is 0.337 e. The first-order valence-corrected chi connectivity index (χ1v) is 9.01. The van der Waals surface area contributed by atoms with E-state index in [-0.39, 0.29) is 5.97 Å². The molecule has 1 atom stereocenters. The van der Waals surface area contributed by atoms with Gasteiger partial charge in [0.1, 0.15) is 16.0 Å². The fourth-order valence-electron chi connectivity index (χ4n) is 2.37. The standard InChI is InChI=1S/C14H12O3.C7H10Cl2/c1-16-14(15)11-6-5-9-13(10-11)17-12-7-3-2-4-8-12;1-7(2)4-5(7)3-6(8)9/h2-10H,1H3;3,5H,4H2,1-2H3. The van der Waals surface area contributed by atoms with Crippen molar-refractivity contribution in [3.05, 3.63) is 70.7 Å². The number of para-hydroxylation sites is 1. The lowest BCUT2D eigenvalue weighted by molar-refractivity contribution is 0.0600. The molecule has 0 N–H and O–H groups in total. The number of hydrogen-bond acceptors (Lipinski definition) is 3. The van der Waals surface area contributed by atoms with Gasteiger partial charge in [-0.15, -0.1) is 0 Å². The molecule has 0 aromatic heterocycles. The average molecular weight is 393 g/mol. The molecule has 26 heavy (non-hydrogen) atoms. The molecular formula is C21H22Cl2O3. The molecule has 0 radical (unpaired) electrons. The highest BCUT2D eigenvalue weighted by atomic mass is 35.5. The highest BCUT2D eigenvalue weighted by Crippen LogP contribution is 2.53. The zero-order chi connectivity index (χ0) is 19.2. The third-order valence-electron chi connectivity index (χ3n) is 4.15. The summed E-state index contributed by atoms with van der Waals surface area (Å²) in [6.45, 7) is 4.43. The van der Waals surface area contributed by atoms with Crippen molar-refractivity contribution in [2.24, 2.45) is 11.3 Å². The Morgan fingerprint density at radius 2 is 1.69 bits per heavy atom. The van der Waals surface area contributed by atoms with Crippen LogP contribution in [0.2, 0.25) is 0 Å². The van der Waals surface area contributed by atoms with Crippen LogP contribution >= 0.6 is 23.2 Å². The second kappa shape index (κ2) is 9.11. The first kappa shape index (κ1) is 20.3. The fourth-order valence-corrected chi connectivity index (χ4v) is 2.68. The third kappa shape index (κ3) is 6.40. The van der Waals surface area contributed by atoms with Gasteiger partial charge in [0.15, 0.2) is 0 Å². The van der Waals surface area contributed by atoms with Gasteiger partial charge in [-0.2, -0.15) is 0 Å². The van der Waals surface area contributed by atoms with Crippen molar-refractivity contribution in [2.75, 3.05) is 7.11 Å². The zero-order valence-corrected chi connectivity index (χ0v) is 16.6. The Balaban J connectivity index is 0.000000228. The second-order valence-corrected chi connectivity index (χ2v) is 7.70. The molecule has 0 heterocycles. The van der Waals surface area contributed by atoms with Crippen LogP contribution in [0.4, 0.5) is 0 Å². The predicted molar refractivity (Wildman–Crippen MR) is 106 cm³/mol. The van der Waals surface area contributed by atoms with Crippen LogP contribution in [0.3, 0.4) is 0 Å². The van der Waals surface area contributed by atoms with Gasteiger partial charge in [-0.25, -0.2) is 4.79 Å². The molecule has 1 unspecified atom stereocenters. The van der Waals surface area contributed by atoms with E-state index in [1.54, 1.807) is 24.3 Å². The van der Waals surface area contributed by atoms with Crippen LogP contribution in [0.5, 0.6) is 11.5 Å². The summed E-state index contributed by atoms with van der Waals surface area (Å²) >= 11 is 10.9. The molecular weight excluding hydrogens is 371 g/mol. The molecule has 1 aliphatic rings. The summed E-state index contributed by atoms with van der Waals surface area (Å²) in [5.41, 5.74) is 0.926. The Kier molecular flexibility index (Phi) is 7.13. The Bertz CT molecular complexity index is 766. The van der Waals surface area contributed by atoms with Crippen molar-refractivity contribution < 1.29 is 14.3 Å². The van der Waals surface area contributed by atoms with E-state index in [4.69, 9.17) is 27.9 Å². The molecule has 1 aliphatic carbocycles. The van der Waals surface area contributed by atoms with E-state index in [1.807, 2.05) is 36.4 Å². The summed E-state index contributed by atoms with van der Waals surface area (Å²) in [6.07, 6.45) is 3.14. The maximum absolute atomic E-state index is 11.3. The van der Waals surface area contributed by atoms with E-state index < -0.39 is 0 Å². The lowest BCUT2D eigenvalue weighted by atomic mass is 10.1. The van der Waals surface area contributed by atoms with Gasteiger partial charge in [0.2, 0.25) is 0 Å². The molecule has 138 valence electrons. The van der Waals surface area contributed by atoms with E-state index in [1.165, 1.54) is 13.5 Å². The number of hydrogen-bond donors (Lipinski definition) is 0. The number of carbonyl (C=O) groups excluding carboxylic acids is 1. The van der Waals surface area contributed by atoms with Crippen molar-refractivity contribution >= 4 is 29.2 Å². The molecule has 2 aromatic rings. The molecule has 0 saturated heterocycles. The van der Waals surface area contributed by atoms with Crippen molar-refractivity contribution in [1.82, 2.24) is 0 Å².